The Morgan fingerprint density at radius 3 is 3.09 bits per heavy atom. The van der Waals surface area contributed by atoms with Gasteiger partial charge in [-0.15, -0.1) is 0 Å². The molecule has 0 radical (unpaired) electrons. The Hall–Kier alpha value is -1.51. The zero-order chi connectivity index (χ0) is 7.84. The summed E-state index contributed by atoms with van der Waals surface area (Å²) in [6.45, 7) is 1.90. The zero-order valence-corrected chi connectivity index (χ0v) is 6.03. The van der Waals surface area contributed by atoms with Crippen molar-refractivity contribution in [1.82, 2.24) is 5.16 Å². The Morgan fingerprint density at radius 2 is 2.27 bits per heavy atom. The van der Waals surface area contributed by atoms with Gasteiger partial charge in [-0.05, 0) is 18.6 Å². The minimum Gasteiger partial charge on any atom is -0.508 e. The van der Waals surface area contributed by atoms with Crippen LogP contribution in [-0.2, 0) is 0 Å². The van der Waals surface area contributed by atoms with Gasteiger partial charge in [0.05, 0.1) is 6.20 Å². The molecular weight excluding hydrogens is 142 g/mol. The van der Waals surface area contributed by atoms with Crippen molar-refractivity contribution in [2.45, 2.75) is 6.92 Å². The van der Waals surface area contributed by atoms with Crippen LogP contribution < -0.4 is 0 Å². The molecule has 1 aromatic heterocycles. The predicted molar refractivity (Wildman–Crippen MR) is 40.4 cm³/mol. The molecule has 0 aliphatic rings. The van der Waals surface area contributed by atoms with Gasteiger partial charge in [-0.25, -0.2) is 0 Å². The van der Waals surface area contributed by atoms with Crippen LogP contribution in [0.3, 0.4) is 0 Å². The highest BCUT2D eigenvalue weighted by molar-refractivity contribution is 5.81. The largest absolute Gasteiger partial charge is 0.508 e. The van der Waals surface area contributed by atoms with E-state index in [1.807, 2.05) is 6.92 Å². The van der Waals surface area contributed by atoms with E-state index in [1.54, 1.807) is 18.3 Å². The van der Waals surface area contributed by atoms with Crippen LogP contribution >= 0.6 is 0 Å². The minimum atomic E-state index is 0.215. The summed E-state index contributed by atoms with van der Waals surface area (Å²) < 4.78 is 4.87. The molecule has 0 aliphatic carbocycles. The second kappa shape index (κ2) is 1.99. The van der Waals surface area contributed by atoms with Gasteiger partial charge in [0.2, 0.25) is 0 Å². The fraction of sp³-hybridized carbons (Fsp3) is 0.125. The normalized spacial score (nSPS) is 10.6. The Morgan fingerprint density at radius 1 is 1.45 bits per heavy atom. The molecule has 0 amide bonds. The van der Waals surface area contributed by atoms with E-state index in [2.05, 4.69) is 5.16 Å². The maximum Gasteiger partial charge on any atom is 0.170 e. The number of nitrogens with zero attached hydrogens (tertiary/aromatic N) is 1. The lowest BCUT2D eigenvalue weighted by Gasteiger charge is -1.93. The quantitative estimate of drug-likeness (QED) is 0.621. The first kappa shape index (κ1) is 6.22. The van der Waals surface area contributed by atoms with Crippen LogP contribution in [0, 0.1) is 6.92 Å². The van der Waals surface area contributed by atoms with Crippen molar-refractivity contribution in [1.29, 1.82) is 0 Å². The fourth-order valence-electron chi connectivity index (χ4n) is 1.12. The van der Waals surface area contributed by atoms with Gasteiger partial charge >= 0.3 is 0 Å². The lowest BCUT2D eigenvalue weighted by atomic mass is 10.1. The molecule has 1 heterocycles. The van der Waals surface area contributed by atoms with Gasteiger partial charge < -0.3 is 9.63 Å². The standard InChI is InChI=1S/C8H7NO2/c1-5-2-6(10)3-8-7(5)4-9-11-8/h2-4,10H,1H3. The van der Waals surface area contributed by atoms with Crippen LogP contribution in [0.1, 0.15) is 5.56 Å². The maximum atomic E-state index is 9.14. The van der Waals surface area contributed by atoms with Crippen LogP contribution in [0.15, 0.2) is 22.9 Å². The summed E-state index contributed by atoms with van der Waals surface area (Å²) in [7, 11) is 0. The molecule has 3 nitrogen and oxygen atoms in total. The molecule has 1 aromatic carbocycles. The third-order valence-electron chi connectivity index (χ3n) is 1.67. The molecule has 0 aliphatic heterocycles. The minimum absolute atomic E-state index is 0.215. The van der Waals surface area contributed by atoms with Crippen molar-refractivity contribution in [3.8, 4) is 5.75 Å². The average Bonchev–Trinajstić information content (AvgIpc) is 2.34. The van der Waals surface area contributed by atoms with Crippen molar-refractivity contribution < 1.29 is 9.63 Å². The highest BCUT2D eigenvalue weighted by Gasteiger charge is 2.02. The number of aromatic hydroxyl groups is 1. The molecule has 0 spiro atoms. The van der Waals surface area contributed by atoms with Crippen LogP contribution in [0.2, 0.25) is 0 Å². The zero-order valence-electron chi connectivity index (χ0n) is 6.03. The summed E-state index contributed by atoms with van der Waals surface area (Å²) in [4.78, 5) is 0. The molecule has 0 fully saturated rings. The topological polar surface area (TPSA) is 46.3 Å². The number of rotatable bonds is 0. The molecule has 3 heteroatoms. The molecule has 0 bridgehead atoms. The predicted octanol–water partition coefficient (Wildman–Crippen LogP) is 1.84. The first-order valence-corrected chi connectivity index (χ1v) is 3.31. The third-order valence-corrected chi connectivity index (χ3v) is 1.67. The summed E-state index contributed by atoms with van der Waals surface area (Å²) in [6.07, 6.45) is 1.64. The molecule has 0 atom stereocenters. The SMILES string of the molecule is Cc1cc(O)cc2oncc12. The number of benzene rings is 1. The Labute approximate surface area is 63.2 Å². The smallest absolute Gasteiger partial charge is 0.170 e. The van der Waals surface area contributed by atoms with Crippen LogP contribution in [-0.4, -0.2) is 10.3 Å². The molecule has 11 heavy (non-hydrogen) atoms. The number of phenols is 1. The maximum absolute atomic E-state index is 9.14. The van der Waals surface area contributed by atoms with Gasteiger partial charge in [0.25, 0.3) is 0 Å². The molecule has 56 valence electrons. The summed E-state index contributed by atoms with van der Waals surface area (Å²) >= 11 is 0. The highest BCUT2D eigenvalue weighted by Crippen LogP contribution is 2.23. The van der Waals surface area contributed by atoms with Gasteiger partial charge in [0.1, 0.15) is 5.75 Å². The number of hydrogen-bond donors (Lipinski definition) is 1. The first-order chi connectivity index (χ1) is 5.27. The van der Waals surface area contributed by atoms with Gasteiger partial charge in [0, 0.05) is 11.5 Å². The number of phenolic OH excluding ortho intramolecular Hbond substituents is 1. The number of aryl methyl sites for hydroxylation is 1. The van der Waals surface area contributed by atoms with E-state index < -0.39 is 0 Å². The third kappa shape index (κ3) is 0.852. The monoisotopic (exact) mass is 149 g/mol. The average molecular weight is 149 g/mol. The molecule has 0 saturated carbocycles. The van der Waals surface area contributed by atoms with E-state index >= 15 is 0 Å². The molecule has 2 rings (SSSR count). The van der Waals surface area contributed by atoms with E-state index in [0.29, 0.717) is 5.58 Å². The second-order valence-electron chi connectivity index (χ2n) is 2.50. The summed E-state index contributed by atoms with van der Waals surface area (Å²) in [5.41, 5.74) is 1.60. The number of fused-ring (bicyclic) bond motifs is 1. The summed E-state index contributed by atoms with van der Waals surface area (Å²) in [5, 5.41) is 13.7. The second-order valence-corrected chi connectivity index (χ2v) is 2.50. The van der Waals surface area contributed by atoms with Crippen LogP contribution in [0.25, 0.3) is 11.0 Å². The summed E-state index contributed by atoms with van der Waals surface area (Å²) in [6, 6.07) is 3.23. The van der Waals surface area contributed by atoms with Gasteiger partial charge in [-0.1, -0.05) is 5.16 Å². The van der Waals surface area contributed by atoms with E-state index in [0.717, 1.165) is 10.9 Å². The Bertz CT molecular complexity index is 392. The van der Waals surface area contributed by atoms with Gasteiger partial charge in [-0.3, -0.25) is 0 Å². The molecule has 1 N–H and O–H groups in total. The lowest BCUT2D eigenvalue weighted by molar-refractivity contribution is 0.449. The van der Waals surface area contributed by atoms with E-state index in [9.17, 15) is 0 Å². The van der Waals surface area contributed by atoms with Crippen LogP contribution in [0.5, 0.6) is 5.75 Å². The Kier molecular flexibility index (Phi) is 1.12. The van der Waals surface area contributed by atoms with Crippen molar-refractivity contribution in [2.75, 3.05) is 0 Å². The van der Waals surface area contributed by atoms with E-state index in [-0.39, 0.29) is 5.75 Å². The fourth-order valence-corrected chi connectivity index (χ4v) is 1.12. The number of aromatic nitrogens is 1. The molecule has 0 unspecified atom stereocenters. The first-order valence-electron chi connectivity index (χ1n) is 3.31. The highest BCUT2D eigenvalue weighted by atomic mass is 16.5. The van der Waals surface area contributed by atoms with Gasteiger partial charge in [0.15, 0.2) is 5.58 Å². The lowest BCUT2D eigenvalue weighted by Crippen LogP contribution is -1.72. The summed E-state index contributed by atoms with van der Waals surface area (Å²) in [5.74, 6) is 0.215. The van der Waals surface area contributed by atoms with Crippen molar-refractivity contribution in [3.63, 3.8) is 0 Å². The van der Waals surface area contributed by atoms with E-state index in [1.165, 1.54) is 0 Å². The number of hydrogen-bond acceptors (Lipinski definition) is 3. The van der Waals surface area contributed by atoms with E-state index in [4.69, 9.17) is 9.63 Å². The van der Waals surface area contributed by atoms with Crippen molar-refractivity contribution in [2.24, 2.45) is 0 Å². The van der Waals surface area contributed by atoms with Gasteiger partial charge in [-0.2, -0.15) is 0 Å². The molecular formula is C8H7NO2. The van der Waals surface area contributed by atoms with Crippen molar-refractivity contribution >= 4 is 11.0 Å². The Balaban J connectivity index is 2.91. The molecule has 2 aromatic rings. The van der Waals surface area contributed by atoms with Crippen LogP contribution in [0.4, 0.5) is 0 Å². The van der Waals surface area contributed by atoms with Crippen molar-refractivity contribution in [3.05, 3.63) is 23.9 Å². The molecule has 0 saturated heterocycles.